The Labute approximate surface area is 159 Å². The summed E-state index contributed by atoms with van der Waals surface area (Å²) in [6, 6.07) is 14.1. The van der Waals surface area contributed by atoms with Crippen LogP contribution in [0.4, 0.5) is 5.69 Å². The van der Waals surface area contributed by atoms with Crippen LogP contribution >= 0.6 is 0 Å². The van der Waals surface area contributed by atoms with Crippen molar-refractivity contribution in [1.29, 1.82) is 0 Å². The molecule has 140 valence electrons. The molecule has 0 saturated carbocycles. The number of carbonyl (C=O) groups is 1. The topological polar surface area (TPSA) is 68.0 Å². The van der Waals surface area contributed by atoms with Crippen molar-refractivity contribution in [2.75, 3.05) is 5.32 Å². The van der Waals surface area contributed by atoms with Crippen LogP contribution in [-0.4, -0.2) is 16.0 Å². The molecule has 0 aliphatic rings. The first-order chi connectivity index (χ1) is 12.9. The quantitative estimate of drug-likeness (QED) is 0.665. The molecule has 1 amide bonds. The van der Waals surface area contributed by atoms with Gasteiger partial charge in [0.05, 0.1) is 0 Å². The van der Waals surface area contributed by atoms with Crippen LogP contribution < -0.4 is 5.32 Å². The number of benzene rings is 2. The lowest BCUT2D eigenvalue weighted by Crippen LogP contribution is -2.13. The Morgan fingerprint density at radius 1 is 1.11 bits per heavy atom. The third kappa shape index (κ3) is 4.82. The monoisotopic (exact) mass is 363 g/mol. The summed E-state index contributed by atoms with van der Waals surface area (Å²) >= 11 is 0. The number of hydrogen-bond donors (Lipinski definition) is 1. The highest BCUT2D eigenvalue weighted by Crippen LogP contribution is 2.21. The summed E-state index contributed by atoms with van der Waals surface area (Å²) in [5.41, 5.74) is 5.24. The van der Waals surface area contributed by atoms with Crippen molar-refractivity contribution in [1.82, 2.24) is 10.1 Å². The van der Waals surface area contributed by atoms with Crippen LogP contribution in [-0.2, 0) is 11.2 Å². The van der Waals surface area contributed by atoms with Gasteiger partial charge in [0.2, 0.25) is 17.6 Å². The van der Waals surface area contributed by atoms with Gasteiger partial charge in [-0.05, 0) is 37.0 Å². The second kappa shape index (κ2) is 8.16. The maximum absolute atomic E-state index is 12.2. The summed E-state index contributed by atoms with van der Waals surface area (Å²) in [6.45, 7) is 8.33. The lowest BCUT2D eigenvalue weighted by Gasteiger charge is -2.08. The SMILES string of the molecule is Cc1ccc(NC(=O)CCc2nc(-c3ccc(C(C)C)cc3)no2)c(C)c1. The number of carbonyl (C=O) groups excluding carboxylic acids is 1. The Bertz CT molecular complexity index is 927. The maximum atomic E-state index is 12.2. The van der Waals surface area contributed by atoms with Crippen molar-refractivity contribution in [3.05, 3.63) is 65.0 Å². The van der Waals surface area contributed by atoms with Crippen LogP contribution in [0.15, 0.2) is 47.0 Å². The number of hydrogen-bond acceptors (Lipinski definition) is 4. The van der Waals surface area contributed by atoms with Crippen molar-refractivity contribution >= 4 is 11.6 Å². The van der Waals surface area contributed by atoms with Gasteiger partial charge in [0.15, 0.2) is 0 Å². The van der Waals surface area contributed by atoms with Gasteiger partial charge in [0, 0.05) is 24.1 Å². The van der Waals surface area contributed by atoms with Crippen molar-refractivity contribution in [3.8, 4) is 11.4 Å². The number of nitrogens with one attached hydrogen (secondary N) is 1. The highest BCUT2D eigenvalue weighted by atomic mass is 16.5. The van der Waals surface area contributed by atoms with Gasteiger partial charge in [0.25, 0.3) is 0 Å². The molecular weight excluding hydrogens is 338 g/mol. The number of aromatic nitrogens is 2. The molecule has 1 heterocycles. The van der Waals surface area contributed by atoms with E-state index in [4.69, 9.17) is 4.52 Å². The molecule has 5 nitrogen and oxygen atoms in total. The van der Waals surface area contributed by atoms with Crippen LogP contribution in [0.5, 0.6) is 0 Å². The molecule has 0 aliphatic carbocycles. The van der Waals surface area contributed by atoms with E-state index >= 15 is 0 Å². The lowest BCUT2D eigenvalue weighted by atomic mass is 10.0. The van der Waals surface area contributed by atoms with E-state index in [-0.39, 0.29) is 5.91 Å². The fourth-order valence-corrected chi connectivity index (χ4v) is 2.88. The summed E-state index contributed by atoms with van der Waals surface area (Å²) in [4.78, 5) is 16.6. The minimum Gasteiger partial charge on any atom is -0.339 e. The average molecular weight is 363 g/mol. The van der Waals surface area contributed by atoms with Crippen LogP contribution in [0, 0.1) is 13.8 Å². The molecule has 1 N–H and O–H groups in total. The largest absolute Gasteiger partial charge is 0.339 e. The molecule has 0 aliphatic heterocycles. The molecule has 0 unspecified atom stereocenters. The first-order valence-electron chi connectivity index (χ1n) is 9.22. The van der Waals surface area contributed by atoms with E-state index in [1.807, 2.05) is 44.2 Å². The van der Waals surface area contributed by atoms with Crippen molar-refractivity contribution in [3.63, 3.8) is 0 Å². The predicted molar refractivity (Wildman–Crippen MR) is 107 cm³/mol. The Balaban J connectivity index is 1.58. The summed E-state index contributed by atoms with van der Waals surface area (Å²) in [6.07, 6.45) is 0.703. The zero-order valence-corrected chi connectivity index (χ0v) is 16.2. The second-order valence-corrected chi connectivity index (χ2v) is 7.15. The summed E-state index contributed by atoms with van der Waals surface area (Å²) in [7, 11) is 0. The standard InChI is InChI=1S/C22H25N3O2/c1-14(2)17-6-8-18(9-7-17)22-24-21(27-25-22)12-11-20(26)23-19-10-5-15(3)13-16(19)4/h5-10,13-14H,11-12H2,1-4H3,(H,23,26). The Kier molecular flexibility index (Phi) is 5.69. The number of aryl methyl sites for hydroxylation is 3. The number of amides is 1. The minimum atomic E-state index is -0.0667. The molecule has 0 radical (unpaired) electrons. The van der Waals surface area contributed by atoms with Gasteiger partial charge in [-0.15, -0.1) is 0 Å². The van der Waals surface area contributed by atoms with E-state index in [0.717, 1.165) is 16.8 Å². The van der Waals surface area contributed by atoms with Gasteiger partial charge in [0.1, 0.15) is 0 Å². The van der Waals surface area contributed by atoms with Gasteiger partial charge in [-0.3, -0.25) is 4.79 Å². The number of rotatable bonds is 6. The van der Waals surface area contributed by atoms with E-state index in [1.165, 1.54) is 11.1 Å². The molecule has 5 heteroatoms. The molecule has 0 fully saturated rings. The fourth-order valence-electron chi connectivity index (χ4n) is 2.88. The molecule has 0 atom stereocenters. The van der Waals surface area contributed by atoms with Crippen molar-refractivity contribution in [2.24, 2.45) is 0 Å². The van der Waals surface area contributed by atoms with Crippen molar-refractivity contribution in [2.45, 2.75) is 46.5 Å². The molecule has 3 aromatic rings. The highest BCUT2D eigenvalue weighted by Gasteiger charge is 2.12. The van der Waals surface area contributed by atoms with Gasteiger partial charge in [-0.2, -0.15) is 4.98 Å². The molecule has 0 bridgehead atoms. The predicted octanol–water partition coefficient (Wildman–Crippen LogP) is 5.05. The third-order valence-electron chi connectivity index (χ3n) is 4.53. The van der Waals surface area contributed by atoms with E-state index in [9.17, 15) is 4.79 Å². The van der Waals surface area contributed by atoms with Gasteiger partial charge in [-0.1, -0.05) is 61.0 Å². The van der Waals surface area contributed by atoms with E-state index in [2.05, 4.69) is 41.4 Å². The van der Waals surface area contributed by atoms with E-state index in [0.29, 0.717) is 30.5 Å². The molecule has 3 rings (SSSR count). The molecule has 0 spiro atoms. The minimum absolute atomic E-state index is 0.0667. The molecule has 1 aromatic heterocycles. The van der Waals surface area contributed by atoms with Crippen LogP contribution in [0.3, 0.4) is 0 Å². The van der Waals surface area contributed by atoms with E-state index in [1.54, 1.807) is 0 Å². The molecule has 27 heavy (non-hydrogen) atoms. The van der Waals surface area contributed by atoms with Crippen molar-refractivity contribution < 1.29 is 9.32 Å². The Morgan fingerprint density at radius 2 is 1.85 bits per heavy atom. The Morgan fingerprint density at radius 3 is 2.52 bits per heavy atom. The Hall–Kier alpha value is -2.95. The molecular formula is C22H25N3O2. The van der Waals surface area contributed by atoms with Crippen LogP contribution in [0.2, 0.25) is 0 Å². The average Bonchev–Trinajstić information content (AvgIpc) is 3.11. The third-order valence-corrected chi connectivity index (χ3v) is 4.53. The van der Waals surface area contributed by atoms with Gasteiger partial charge < -0.3 is 9.84 Å². The van der Waals surface area contributed by atoms with Gasteiger partial charge >= 0.3 is 0 Å². The first-order valence-corrected chi connectivity index (χ1v) is 9.22. The summed E-state index contributed by atoms with van der Waals surface area (Å²) in [5, 5.41) is 6.96. The fraction of sp³-hybridized carbons (Fsp3) is 0.318. The van der Waals surface area contributed by atoms with Crippen LogP contribution in [0.1, 0.15) is 48.8 Å². The number of nitrogens with zero attached hydrogens (tertiary/aromatic N) is 2. The maximum Gasteiger partial charge on any atom is 0.227 e. The zero-order valence-electron chi connectivity index (χ0n) is 16.2. The van der Waals surface area contributed by atoms with Crippen LogP contribution in [0.25, 0.3) is 11.4 Å². The van der Waals surface area contributed by atoms with E-state index < -0.39 is 0 Å². The highest BCUT2D eigenvalue weighted by molar-refractivity contribution is 5.91. The molecule has 0 saturated heterocycles. The smallest absolute Gasteiger partial charge is 0.227 e. The summed E-state index contributed by atoms with van der Waals surface area (Å²) in [5.74, 6) is 1.43. The summed E-state index contributed by atoms with van der Waals surface area (Å²) < 4.78 is 5.30. The number of anilines is 1. The second-order valence-electron chi connectivity index (χ2n) is 7.15. The normalized spacial score (nSPS) is 11.0. The first kappa shape index (κ1) is 18.8. The lowest BCUT2D eigenvalue weighted by molar-refractivity contribution is -0.116. The molecule has 2 aromatic carbocycles. The van der Waals surface area contributed by atoms with Gasteiger partial charge in [-0.25, -0.2) is 0 Å². The zero-order chi connectivity index (χ0) is 19.4.